The van der Waals surface area contributed by atoms with E-state index in [2.05, 4.69) is 15.5 Å². The molecule has 1 aromatic carbocycles. The average molecular weight is 337 g/mol. The summed E-state index contributed by atoms with van der Waals surface area (Å²) >= 11 is 0. The second-order valence-electron chi connectivity index (χ2n) is 5.03. The summed E-state index contributed by atoms with van der Waals surface area (Å²) < 4.78 is 29.4. The molecule has 8 heteroatoms. The van der Waals surface area contributed by atoms with E-state index in [1.54, 1.807) is 18.2 Å². The van der Waals surface area contributed by atoms with Crippen LogP contribution in [0.5, 0.6) is 0 Å². The summed E-state index contributed by atoms with van der Waals surface area (Å²) in [5, 5.41) is 6.41. The van der Waals surface area contributed by atoms with Crippen molar-refractivity contribution in [1.82, 2.24) is 15.5 Å². The summed E-state index contributed by atoms with van der Waals surface area (Å²) in [5.41, 5.74) is 0. The number of nitrogens with zero attached hydrogens (tertiary/aromatic N) is 2. The van der Waals surface area contributed by atoms with Gasteiger partial charge in [-0.25, -0.2) is 8.42 Å². The molecule has 1 N–H and O–H groups in total. The highest BCUT2D eigenvalue weighted by molar-refractivity contribution is 7.90. The van der Waals surface area contributed by atoms with E-state index in [9.17, 15) is 13.2 Å². The number of benzene rings is 1. The number of sulfone groups is 1. The SMILES string of the molecule is CCCNC(=O)CCc1nc(CS(=O)(=O)c2ccccc2)no1. The fraction of sp³-hybridized carbons (Fsp3) is 0.400. The minimum atomic E-state index is -3.51. The molecule has 0 saturated heterocycles. The molecule has 23 heavy (non-hydrogen) atoms. The van der Waals surface area contributed by atoms with Crippen molar-refractivity contribution < 1.29 is 17.7 Å². The molecule has 7 nitrogen and oxygen atoms in total. The molecule has 0 fully saturated rings. The molecule has 0 bridgehead atoms. The van der Waals surface area contributed by atoms with Crippen molar-refractivity contribution in [1.29, 1.82) is 0 Å². The summed E-state index contributed by atoms with van der Waals surface area (Å²) in [6.07, 6.45) is 1.38. The zero-order valence-electron chi connectivity index (χ0n) is 12.9. The van der Waals surface area contributed by atoms with Crippen molar-refractivity contribution in [3.8, 4) is 0 Å². The van der Waals surface area contributed by atoms with Gasteiger partial charge in [0.25, 0.3) is 0 Å². The molecule has 124 valence electrons. The Hall–Kier alpha value is -2.22. The van der Waals surface area contributed by atoms with Crippen LogP contribution in [0.25, 0.3) is 0 Å². The van der Waals surface area contributed by atoms with Gasteiger partial charge in [-0.1, -0.05) is 30.3 Å². The van der Waals surface area contributed by atoms with Crippen molar-refractivity contribution in [3.63, 3.8) is 0 Å². The number of hydrogen-bond donors (Lipinski definition) is 1. The third kappa shape index (κ3) is 5.17. The molecule has 0 saturated carbocycles. The maximum Gasteiger partial charge on any atom is 0.227 e. The largest absolute Gasteiger partial charge is 0.356 e. The summed E-state index contributed by atoms with van der Waals surface area (Å²) in [6.45, 7) is 2.60. The number of aryl methyl sites for hydroxylation is 1. The fourth-order valence-electron chi connectivity index (χ4n) is 1.90. The zero-order valence-corrected chi connectivity index (χ0v) is 13.7. The van der Waals surface area contributed by atoms with Crippen LogP contribution in [0.3, 0.4) is 0 Å². The Morgan fingerprint density at radius 2 is 2.00 bits per heavy atom. The zero-order chi connectivity index (χ0) is 16.7. The van der Waals surface area contributed by atoms with Gasteiger partial charge in [0.15, 0.2) is 15.7 Å². The minimum Gasteiger partial charge on any atom is -0.356 e. The molecule has 0 aliphatic carbocycles. The van der Waals surface area contributed by atoms with E-state index in [1.165, 1.54) is 12.1 Å². The van der Waals surface area contributed by atoms with Crippen LogP contribution in [-0.2, 0) is 26.8 Å². The second-order valence-corrected chi connectivity index (χ2v) is 7.02. The first-order valence-electron chi connectivity index (χ1n) is 7.37. The lowest BCUT2D eigenvalue weighted by atomic mass is 10.3. The number of rotatable bonds is 8. The van der Waals surface area contributed by atoms with Gasteiger partial charge < -0.3 is 9.84 Å². The summed E-state index contributed by atoms with van der Waals surface area (Å²) in [5.74, 6) is -0.0704. The van der Waals surface area contributed by atoms with E-state index in [0.29, 0.717) is 6.54 Å². The minimum absolute atomic E-state index is 0.0940. The standard InChI is InChI=1S/C15H19N3O4S/c1-2-10-16-14(19)8-9-15-17-13(18-22-15)11-23(20,21)12-6-4-3-5-7-12/h3-7H,2,8-11H2,1H3,(H,16,19). The Labute approximate surface area is 135 Å². The monoisotopic (exact) mass is 337 g/mol. The molecule has 0 spiro atoms. The molecular formula is C15H19N3O4S. The van der Waals surface area contributed by atoms with Crippen molar-refractivity contribution in [2.75, 3.05) is 6.54 Å². The predicted octanol–water partition coefficient (Wildman–Crippen LogP) is 1.50. The van der Waals surface area contributed by atoms with Crippen LogP contribution in [0.4, 0.5) is 0 Å². The molecule has 0 aliphatic heterocycles. The summed E-state index contributed by atoms with van der Waals surface area (Å²) in [4.78, 5) is 15.7. The molecule has 1 aromatic heterocycles. The van der Waals surface area contributed by atoms with E-state index in [-0.39, 0.29) is 41.1 Å². The molecule has 1 heterocycles. The Morgan fingerprint density at radius 3 is 2.70 bits per heavy atom. The predicted molar refractivity (Wildman–Crippen MR) is 83.3 cm³/mol. The lowest BCUT2D eigenvalue weighted by Gasteiger charge is -2.00. The number of carbonyl (C=O) groups is 1. The first-order valence-corrected chi connectivity index (χ1v) is 9.02. The second kappa shape index (κ2) is 7.87. The van der Waals surface area contributed by atoms with Gasteiger partial charge in [-0.05, 0) is 18.6 Å². The highest BCUT2D eigenvalue weighted by atomic mass is 32.2. The Morgan fingerprint density at radius 1 is 1.26 bits per heavy atom. The van der Waals surface area contributed by atoms with Crippen molar-refractivity contribution in [3.05, 3.63) is 42.0 Å². The van der Waals surface area contributed by atoms with Gasteiger partial charge in [0.1, 0.15) is 5.75 Å². The maximum absolute atomic E-state index is 12.2. The first kappa shape index (κ1) is 17.1. The van der Waals surface area contributed by atoms with Crippen LogP contribution in [0.15, 0.2) is 39.8 Å². The van der Waals surface area contributed by atoms with Gasteiger partial charge in [-0.2, -0.15) is 4.98 Å². The Bertz CT molecular complexity index is 741. The van der Waals surface area contributed by atoms with Crippen LogP contribution in [-0.4, -0.2) is 31.0 Å². The molecule has 1 amide bonds. The lowest BCUT2D eigenvalue weighted by Crippen LogP contribution is -2.24. The highest BCUT2D eigenvalue weighted by Gasteiger charge is 2.19. The van der Waals surface area contributed by atoms with Gasteiger partial charge in [0.2, 0.25) is 11.8 Å². The van der Waals surface area contributed by atoms with Crippen molar-refractivity contribution >= 4 is 15.7 Å². The van der Waals surface area contributed by atoms with Gasteiger partial charge in [0, 0.05) is 19.4 Å². The first-order chi connectivity index (χ1) is 11.0. The van der Waals surface area contributed by atoms with Crippen molar-refractivity contribution in [2.45, 2.75) is 36.8 Å². The third-order valence-corrected chi connectivity index (χ3v) is 4.70. The lowest BCUT2D eigenvalue weighted by molar-refractivity contribution is -0.121. The normalized spacial score (nSPS) is 11.3. The van der Waals surface area contributed by atoms with Gasteiger partial charge in [0.05, 0.1) is 4.90 Å². The summed E-state index contributed by atoms with van der Waals surface area (Å²) in [6, 6.07) is 8.10. The number of amides is 1. The average Bonchev–Trinajstić information content (AvgIpc) is 2.98. The number of carbonyl (C=O) groups excluding carboxylic acids is 1. The van der Waals surface area contributed by atoms with E-state index in [1.807, 2.05) is 6.92 Å². The van der Waals surface area contributed by atoms with Crippen LogP contribution < -0.4 is 5.32 Å². The third-order valence-electron chi connectivity index (χ3n) is 3.07. The van der Waals surface area contributed by atoms with Crippen LogP contribution in [0.2, 0.25) is 0 Å². The van der Waals surface area contributed by atoms with Gasteiger partial charge in [-0.15, -0.1) is 0 Å². The van der Waals surface area contributed by atoms with Gasteiger partial charge >= 0.3 is 0 Å². The summed E-state index contributed by atoms with van der Waals surface area (Å²) in [7, 11) is -3.51. The Balaban J connectivity index is 1.93. The molecule has 0 aliphatic rings. The smallest absolute Gasteiger partial charge is 0.227 e. The number of nitrogens with one attached hydrogen (secondary N) is 1. The number of hydrogen-bond acceptors (Lipinski definition) is 6. The number of aromatic nitrogens is 2. The van der Waals surface area contributed by atoms with Crippen molar-refractivity contribution in [2.24, 2.45) is 0 Å². The van der Waals surface area contributed by atoms with E-state index < -0.39 is 9.84 Å². The molecule has 0 radical (unpaired) electrons. The van der Waals surface area contributed by atoms with Crippen LogP contribution >= 0.6 is 0 Å². The van der Waals surface area contributed by atoms with Gasteiger partial charge in [-0.3, -0.25) is 4.79 Å². The van der Waals surface area contributed by atoms with E-state index in [4.69, 9.17) is 4.52 Å². The van der Waals surface area contributed by atoms with E-state index in [0.717, 1.165) is 6.42 Å². The molecular weight excluding hydrogens is 318 g/mol. The molecule has 2 aromatic rings. The fourth-order valence-corrected chi connectivity index (χ4v) is 3.10. The quantitative estimate of drug-likeness (QED) is 0.783. The van der Waals surface area contributed by atoms with Crippen LogP contribution in [0, 0.1) is 0 Å². The van der Waals surface area contributed by atoms with E-state index >= 15 is 0 Å². The topological polar surface area (TPSA) is 102 Å². The highest BCUT2D eigenvalue weighted by Crippen LogP contribution is 2.14. The van der Waals surface area contributed by atoms with Crippen LogP contribution in [0.1, 0.15) is 31.5 Å². The molecule has 0 atom stereocenters. The molecule has 2 rings (SSSR count). The Kier molecular flexibility index (Phi) is 5.86. The maximum atomic E-state index is 12.2. The molecule has 0 unspecified atom stereocenters.